The molecule has 1 amide bonds. The minimum atomic E-state index is -0.913. The molecule has 8 nitrogen and oxygen atoms in total. The largest absolute Gasteiger partial charge is 0.507 e. The van der Waals surface area contributed by atoms with Gasteiger partial charge >= 0.3 is 5.91 Å². The number of Topliss-reactive ketones (excluding diaryl/α,β-unsaturated/α-hetero) is 1. The molecule has 0 radical (unpaired) electrons. The molecule has 0 spiro atoms. The van der Waals surface area contributed by atoms with Crippen molar-refractivity contribution >= 4 is 33.9 Å². The zero-order chi connectivity index (χ0) is 24.4. The highest BCUT2D eigenvalue weighted by Crippen LogP contribution is 2.44. The molecule has 0 bridgehead atoms. The maximum absolute atomic E-state index is 13.2. The van der Waals surface area contributed by atoms with Gasteiger partial charge in [-0.15, -0.1) is 10.2 Å². The Morgan fingerprint density at radius 2 is 1.68 bits per heavy atom. The van der Waals surface area contributed by atoms with Crippen molar-refractivity contribution in [1.82, 2.24) is 10.2 Å². The fourth-order valence-electron chi connectivity index (χ4n) is 3.83. The van der Waals surface area contributed by atoms with E-state index in [0.29, 0.717) is 40.8 Å². The highest BCUT2D eigenvalue weighted by Gasteiger charge is 2.48. The lowest BCUT2D eigenvalue weighted by Gasteiger charge is -2.23. The minimum Gasteiger partial charge on any atom is -0.507 e. The number of benzene rings is 2. The van der Waals surface area contributed by atoms with Gasteiger partial charge in [0.1, 0.15) is 10.8 Å². The van der Waals surface area contributed by atoms with Crippen molar-refractivity contribution in [2.24, 2.45) is 0 Å². The third-order valence-corrected chi connectivity index (χ3v) is 6.21. The lowest BCUT2D eigenvalue weighted by atomic mass is 9.95. The second kappa shape index (κ2) is 9.64. The number of aliphatic hydroxyl groups excluding tert-OH is 1. The summed E-state index contributed by atoms with van der Waals surface area (Å²) in [5.74, 6) is -0.782. The molecule has 1 N–H and O–H groups in total. The fraction of sp³-hybridized carbons (Fsp3) is 0.280. The summed E-state index contributed by atoms with van der Waals surface area (Å²) in [6.45, 7) is 8.28. The summed E-state index contributed by atoms with van der Waals surface area (Å²) in [7, 11) is 0. The molecule has 1 aliphatic heterocycles. The van der Waals surface area contributed by atoms with Crippen LogP contribution in [0.2, 0.25) is 0 Å². The first-order chi connectivity index (χ1) is 16.3. The second-order valence-electron chi connectivity index (χ2n) is 7.71. The lowest BCUT2D eigenvalue weighted by Crippen LogP contribution is -2.29. The molecule has 4 rings (SSSR count). The van der Waals surface area contributed by atoms with Gasteiger partial charge in [-0.3, -0.25) is 14.5 Å². The average Bonchev–Trinajstić information content (AvgIpc) is 3.36. The molecule has 1 fully saturated rings. The molecule has 2 aromatic carbocycles. The summed E-state index contributed by atoms with van der Waals surface area (Å²) in [4.78, 5) is 27.7. The average molecular weight is 480 g/mol. The van der Waals surface area contributed by atoms with Crippen LogP contribution in [0.4, 0.5) is 5.13 Å². The lowest BCUT2D eigenvalue weighted by molar-refractivity contribution is -0.132. The van der Waals surface area contributed by atoms with E-state index in [-0.39, 0.29) is 16.5 Å². The van der Waals surface area contributed by atoms with E-state index in [4.69, 9.17) is 9.47 Å². The molecule has 0 saturated carbocycles. The highest BCUT2D eigenvalue weighted by molar-refractivity contribution is 7.15. The number of aliphatic hydroxyl groups is 1. The van der Waals surface area contributed by atoms with Crippen LogP contribution >= 0.6 is 11.3 Å². The van der Waals surface area contributed by atoms with E-state index >= 15 is 0 Å². The van der Waals surface area contributed by atoms with Crippen molar-refractivity contribution < 1.29 is 24.2 Å². The van der Waals surface area contributed by atoms with Gasteiger partial charge < -0.3 is 14.6 Å². The smallest absolute Gasteiger partial charge is 0.301 e. The van der Waals surface area contributed by atoms with Gasteiger partial charge in [0.2, 0.25) is 5.13 Å². The van der Waals surface area contributed by atoms with Gasteiger partial charge in [0.25, 0.3) is 5.78 Å². The molecule has 1 atom stereocenters. The Morgan fingerprint density at radius 3 is 2.29 bits per heavy atom. The first kappa shape index (κ1) is 23.4. The van der Waals surface area contributed by atoms with Crippen LogP contribution in [0.25, 0.3) is 5.76 Å². The van der Waals surface area contributed by atoms with Gasteiger partial charge in [-0.1, -0.05) is 47.2 Å². The number of hydrogen-bond acceptors (Lipinski definition) is 8. The monoisotopic (exact) mass is 479 g/mol. The quantitative estimate of drug-likeness (QED) is 0.301. The third-order valence-electron chi connectivity index (χ3n) is 5.37. The van der Waals surface area contributed by atoms with Crippen LogP contribution in [0.1, 0.15) is 41.6 Å². The highest BCUT2D eigenvalue weighted by atomic mass is 32.1. The molecule has 1 aliphatic rings. The van der Waals surface area contributed by atoms with Gasteiger partial charge in [-0.05, 0) is 45.4 Å². The SMILES string of the molecule is CCOc1ccc(C2C(=C(O)c3ccc(C)cc3)C(=O)C(=O)N2c2nnc(C)s2)cc1OCC. The van der Waals surface area contributed by atoms with E-state index in [1.807, 2.05) is 32.9 Å². The molecule has 9 heteroatoms. The molecule has 3 aromatic rings. The molecular weight excluding hydrogens is 454 g/mol. The summed E-state index contributed by atoms with van der Waals surface area (Å²) < 4.78 is 11.4. The number of nitrogens with zero attached hydrogens (tertiary/aromatic N) is 3. The maximum Gasteiger partial charge on any atom is 0.301 e. The van der Waals surface area contributed by atoms with Crippen LogP contribution in [0.5, 0.6) is 11.5 Å². The molecule has 1 unspecified atom stereocenters. The Morgan fingerprint density at radius 1 is 1.00 bits per heavy atom. The predicted molar refractivity (Wildman–Crippen MR) is 129 cm³/mol. The Bertz CT molecular complexity index is 1270. The number of rotatable bonds is 7. The Balaban J connectivity index is 1.93. The van der Waals surface area contributed by atoms with Crippen molar-refractivity contribution in [2.75, 3.05) is 18.1 Å². The number of ether oxygens (including phenoxy) is 2. The van der Waals surface area contributed by atoms with E-state index in [0.717, 1.165) is 5.56 Å². The summed E-state index contributed by atoms with van der Waals surface area (Å²) in [6, 6.07) is 11.4. The van der Waals surface area contributed by atoms with Crippen molar-refractivity contribution in [2.45, 2.75) is 33.7 Å². The van der Waals surface area contributed by atoms with Crippen LogP contribution in [0, 0.1) is 13.8 Å². The predicted octanol–water partition coefficient (Wildman–Crippen LogP) is 4.58. The molecule has 2 heterocycles. The summed E-state index contributed by atoms with van der Waals surface area (Å²) in [5.41, 5.74) is 2.00. The number of aryl methyl sites for hydroxylation is 2. The number of amides is 1. The first-order valence-corrected chi connectivity index (χ1v) is 11.7. The molecule has 34 heavy (non-hydrogen) atoms. The number of ketones is 1. The fourth-order valence-corrected chi connectivity index (χ4v) is 4.55. The summed E-state index contributed by atoms with van der Waals surface area (Å²) in [5, 5.41) is 20.2. The van der Waals surface area contributed by atoms with Crippen molar-refractivity contribution in [1.29, 1.82) is 0 Å². The summed E-state index contributed by atoms with van der Waals surface area (Å²) in [6.07, 6.45) is 0. The van der Waals surface area contributed by atoms with Gasteiger partial charge in [0, 0.05) is 5.56 Å². The van der Waals surface area contributed by atoms with Crippen molar-refractivity contribution in [3.05, 3.63) is 69.7 Å². The summed E-state index contributed by atoms with van der Waals surface area (Å²) >= 11 is 1.20. The van der Waals surface area contributed by atoms with Crippen LogP contribution < -0.4 is 14.4 Å². The van der Waals surface area contributed by atoms with E-state index in [1.165, 1.54) is 16.2 Å². The van der Waals surface area contributed by atoms with E-state index in [1.54, 1.807) is 37.3 Å². The number of hydrogen-bond donors (Lipinski definition) is 1. The van der Waals surface area contributed by atoms with E-state index in [9.17, 15) is 14.7 Å². The van der Waals surface area contributed by atoms with Gasteiger partial charge in [0.15, 0.2) is 11.5 Å². The molecule has 1 aromatic heterocycles. The standard InChI is InChI=1S/C25H25N3O5S/c1-5-32-18-12-11-17(13-19(18)33-6-2)21-20(22(29)16-9-7-14(3)8-10-16)23(30)24(31)28(21)25-27-26-15(4)34-25/h7-13,21,29H,5-6H2,1-4H3. The van der Waals surface area contributed by atoms with E-state index < -0.39 is 17.7 Å². The number of aromatic nitrogens is 2. The Kier molecular flexibility index (Phi) is 6.65. The Hall–Kier alpha value is -3.72. The second-order valence-corrected chi connectivity index (χ2v) is 8.87. The van der Waals surface area contributed by atoms with Crippen molar-refractivity contribution in [3.63, 3.8) is 0 Å². The minimum absolute atomic E-state index is 0.0201. The maximum atomic E-state index is 13.2. The number of carbonyl (C=O) groups excluding carboxylic acids is 2. The van der Waals surface area contributed by atoms with Crippen LogP contribution in [0.15, 0.2) is 48.0 Å². The number of anilines is 1. The molecule has 0 aliphatic carbocycles. The zero-order valence-electron chi connectivity index (χ0n) is 19.4. The molecule has 176 valence electrons. The van der Waals surface area contributed by atoms with Crippen LogP contribution in [-0.4, -0.2) is 40.2 Å². The topological polar surface area (TPSA) is 102 Å². The Labute approximate surface area is 201 Å². The van der Waals surface area contributed by atoms with E-state index in [2.05, 4.69) is 10.2 Å². The molecule has 1 saturated heterocycles. The first-order valence-electron chi connectivity index (χ1n) is 10.9. The molecular formula is C25H25N3O5S. The normalized spacial score (nSPS) is 17.3. The van der Waals surface area contributed by atoms with Crippen LogP contribution in [0.3, 0.4) is 0 Å². The van der Waals surface area contributed by atoms with Gasteiger partial charge in [-0.25, -0.2) is 0 Å². The van der Waals surface area contributed by atoms with Gasteiger partial charge in [-0.2, -0.15) is 0 Å². The van der Waals surface area contributed by atoms with Crippen molar-refractivity contribution in [3.8, 4) is 11.5 Å². The number of carbonyl (C=O) groups is 2. The van der Waals surface area contributed by atoms with Gasteiger partial charge in [0.05, 0.1) is 24.8 Å². The third kappa shape index (κ3) is 4.26. The van der Waals surface area contributed by atoms with Crippen LogP contribution in [-0.2, 0) is 9.59 Å². The zero-order valence-corrected chi connectivity index (χ0v) is 20.2.